The highest BCUT2D eigenvalue weighted by molar-refractivity contribution is 7.85. The van der Waals surface area contributed by atoms with Gasteiger partial charge in [0.1, 0.15) is 0 Å². The van der Waals surface area contributed by atoms with Gasteiger partial charge in [0.15, 0.2) is 0 Å². The minimum atomic E-state index is -3.80. The monoisotopic (exact) mass is 314 g/mol. The lowest BCUT2D eigenvalue weighted by molar-refractivity contribution is 0.479. The van der Waals surface area contributed by atoms with E-state index in [9.17, 15) is 8.42 Å². The lowest BCUT2D eigenvalue weighted by atomic mass is 10.0. The quantitative estimate of drug-likeness (QED) is 0.350. The first-order valence-electron chi connectivity index (χ1n) is 7.39. The van der Waals surface area contributed by atoms with Crippen molar-refractivity contribution in [1.29, 1.82) is 0 Å². The highest BCUT2D eigenvalue weighted by Crippen LogP contribution is 2.16. The molecule has 0 unspecified atom stereocenters. The molecule has 0 fully saturated rings. The number of anilines is 1. The van der Waals surface area contributed by atoms with Gasteiger partial charge in [-0.2, -0.15) is 8.42 Å². The molecule has 1 aromatic carbocycles. The second kappa shape index (κ2) is 9.02. The molecule has 21 heavy (non-hydrogen) atoms. The molecule has 0 bridgehead atoms. The molecule has 0 amide bonds. The molecule has 0 atom stereocenters. The standard InChI is InChI=1S/C15H26N2O3S/c1-13-7-8-15(16)14(12-13)6-2-3-9-17-10-4-5-11-21(18,19)20/h7-8,12,17H,2-6,9-11,16H2,1H3,(H,18,19,20). The van der Waals surface area contributed by atoms with Gasteiger partial charge in [-0.1, -0.05) is 17.7 Å². The topological polar surface area (TPSA) is 92.4 Å². The van der Waals surface area contributed by atoms with Crippen molar-refractivity contribution in [2.75, 3.05) is 24.6 Å². The first-order valence-corrected chi connectivity index (χ1v) is 9.00. The van der Waals surface area contributed by atoms with E-state index in [2.05, 4.69) is 18.3 Å². The lowest BCUT2D eigenvalue weighted by Crippen LogP contribution is -2.17. The van der Waals surface area contributed by atoms with Crippen molar-refractivity contribution in [3.05, 3.63) is 29.3 Å². The summed E-state index contributed by atoms with van der Waals surface area (Å²) >= 11 is 0. The summed E-state index contributed by atoms with van der Waals surface area (Å²) in [4.78, 5) is 0. The van der Waals surface area contributed by atoms with E-state index in [0.717, 1.165) is 44.5 Å². The minimum absolute atomic E-state index is 0.151. The maximum absolute atomic E-state index is 10.5. The van der Waals surface area contributed by atoms with Gasteiger partial charge in [-0.15, -0.1) is 0 Å². The van der Waals surface area contributed by atoms with Crippen molar-refractivity contribution in [2.45, 2.75) is 39.0 Å². The Morgan fingerprint density at radius 1 is 1.14 bits per heavy atom. The van der Waals surface area contributed by atoms with Gasteiger partial charge in [-0.25, -0.2) is 0 Å². The van der Waals surface area contributed by atoms with Crippen LogP contribution in [0, 0.1) is 6.92 Å². The molecular weight excluding hydrogens is 288 g/mol. The average Bonchev–Trinajstić information content (AvgIpc) is 2.39. The molecule has 0 saturated carbocycles. The number of rotatable bonds is 10. The Kier molecular flexibility index (Phi) is 7.71. The normalized spacial score (nSPS) is 11.7. The van der Waals surface area contributed by atoms with Crippen LogP contribution < -0.4 is 11.1 Å². The summed E-state index contributed by atoms with van der Waals surface area (Å²) in [6.45, 7) is 3.76. The van der Waals surface area contributed by atoms with Crippen molar-refractivity contribution < 1.29 is 13.0 Å². The van der Waals surface area contributed by atoms with Crippen LogP contribution in [0.2, 0.25) is 0 Å². The number of unbranched alkanes of at least 4 members (excludes halogenated alkanes) is 2. The molecule has 0 aromatic heterocycles. The molecule has 0 radical (unpaired) electrons. The van der Waals surface area contributed by atoms with Crippen molar-refractivity contribution in [3.63, 3.8) is 0 Å². The van der Waals surface area contributed by atoms with Gasteiger partial charge in [0.25, 0.3) is 10.1 Å². The Bertz CT molecular complexity index is 530. The third kappa shape index (κ3) is 8.70. The van der Waals surface area contributed by atoms with Gasteiger partial charge in [0.2, 0.25) is 0 Å². The summed E-state index contributed by atoms with van der Waals surface area (Å²) in [5, 5.41) is 3.28. The van der Waals surface area contributed by atoms with Gasteiger partial charge in [0, 0.05) is 5.69 Å². The molecule has 0 aliphatic carbocycles. The molecule has 0 saturated heterocycles. The van der Waals surface area contributed by atoms with Crippen LogP contribution in [0.5, 0.6) is 0 Å². The third-order valence-electron chi connectivity index (χ3n) is 3.35. The number of nitrogen functional groups attached to an aromatic ring is 1. The van der Waals surface area contributed by atoms with Gasteiger partial charge >= 0.3 is 0 Å². The number of nitrogens with one attached hydrogen (secondary N) is 1. The van der Waals surface area contributed by atoms with Crippen molar-refractivity contribution in [1.82, 2.24) is 5.32 Å². The summed E-state index contributed by atoms with van der Waals surface area (Å²) < 4.78 is 29.6. The first-order chi connectivity index (χ1) is 9.88. The zero-order chi connectivity index (χ0) is 15.7. The molecule has 0 spiro atoms. The highest BCUT2D eigenvalue weighted by Gasteiger charge is 2.03. The molecule has 4 N–H and O–H groups in total. The largest absolute Gasteiger partial charge is 0.399 e. The SMILES string of the molecule is Cc1ccc(N)c(CCCCNCCCCS(=O)(=O)O)c1. The molecule has 120 valence electrons. The number of hydrogen-bond acceptors (Lipinski definition) is 4. The predicted octanol–water partition coefficient (Wildman–Crippen LogP) is 2.16. The van der Waals surface area contributed by atoms with Crippen LogP contribution in [0.25, 0.3) is 0 Å². The summed E-state index contributed by atoms with van der Waals surface area (Å²) in [6, 6.07) is 6.11. The predicted molar refractivity (Wildman–Crippen MR) is 87.0 cm³/mol. The van der Waals surface area contributed by atoms with E-state index in [1.165, 1.54) is 11.1 Å². The summed E-state index contributed by atoms with van der Waals surface area (Å²) in [6.07, 6.45) is 4.37. The van der Waals surface area contributed by atoms with E-state index in [1.807, 2.05) is 12.1 Å². The molecule has 1 aromatic rings. The van der Waals surface area contributed by atoms with E-state index in [-0.39, 0.29) is 5.75 Å². The number of nitrogens with two attached hydrogens (primary N) is 1. The fourth-order valence-corrected chi connectivity index (χ4v) is 2.74. The molecule has 0 aliphatic rings. The minimum Gasteiger partial charge on any atom is -0.399 e. The van der Waals surface area contributed by atoms with Crippen molar-refractivity contribution in [2.24, 2.45) is 0 Å². The van der Waals surface area contributed by atoms with Crippen LogP contribution >= 0.6 is 0 Å². The first kappa shape index (κ1) is 17.9. The maximum Gasteiger partial charge on any atom is 0.264 e. The zero-order valence-corrected chi connectivity index (χ0v) is 13.5. The Morgan fingerprint density at radius 2 is 1.81 bits per heavy atom. The molecule has 5 nitrogen and oxygen atoms in total. The Balaban J connectivity index is 2.03. The number of aryl methyl sites for hydroxylation is 2. The third-order valence-corrected chi connectivity index (χ3v) is 4.16. The molecule has 0 aliphatic heterocycles. The molecule has 1 rings (SSSR count). The average molecular weight is 314 g/mol. The summed E-state index contributed by atoms with van der Waals surface area (Å²) in [5.74, 6) is -0.151. The molecular formula is C15H26N2O3S. The zero-order valence-electron chi connectivity index (χ0n) is 12.6. The van der Waals surface area contributed by atoms with Crippen LogP contribution in [0.3, 0.4) is 0 Å². The second-order valence-corrected chi connectivity index (χ2v) is 6.97. The summed E-state index contributed by atoms with van der Waals surface area (Å²) in [7, 11) is -3.80. The smallest absolute Gasteiger partial charge is 0.264 e. The molecule has 6 heteroatoms. The van der Waals surface area contributed by atoms with E-state index in [1.54, 1.807) is 0 Å². The number of benzene rings is 1. The van der Waals surface area contributed by atoms with Crippen molar-refractivity contribution in [3.8, 4) is 0 Å². The van der Waals surface area contributed by atoms with Crippen LogP contribution in [-0.2, 0) is 16.5 Å². The van der Waals surface area contributed by atoms with Crippen LogP contribution in [-0.4, -0.2) is 31.8 Å². The summed E-state index contributed by atoms with van der Waals surface area (Å²) in [5.41, 5.74) is 9.24. The maximum atomic E-state index is 10.5. The van der Waals surface area contributed by atoms with Gasteiger partial charge < -0.3 is 11.1 Å². The van der Waals surface area contributed by atoms with Crippen LogP contribution in [0.4, 0.5) is 5.69 Å². The fraction of sp³-hybridized carbons (Fsp3) is 0.600. The number of hydrogen-bond donors (Lipinski definition) is 3. The fourth-order valence-electron chi connectivity index (χ4n) is 2.18. The van der Waals surface area contributed by atoms with E-state index < -0.39 is 10.1 Å². The highest BCUT2D eigenvalue weighted by atomic mass is 32.2. The lowest BCUT2D eigenvalue weighted by Gasteiger charge is -2.07. The van der Waals surface area contributed by atoms with E-state index in [0.29, 0.717) is 6.42 Å². The van der Waals surface area contributed by atoms with Gasteiger partial charge in [0.05, 0.1) is 5.75 Å². The second-order valence-electron chi connectivity index (χ2n) is 5.40. The Labute approximate surface area is 127 Å². The molecule has 0 heterocycles. The Hall–Kier alpha value is -1.11. The van der Waals surface area contributed by atoms with Crippen LogP contribution in [0.15, 0.2) is 18.2 Å². The van der Waals surface area contributed by atoms with Gasteiger partial charge in [-0.05, 0) is 63.7 Å². The Morgan fingerprint density at radius 3 is 2.48 bits per heavy atom. The van der Waals surface area contributed by atoms with E-state index in [4.69, 9.17) is 10.3 Å². The van der Waals surface area contributed by atoms with E-state index >= 15 is 0 Å². The van der Waals surface area contributed by atoms with Crippen LogP contribution in [0.1, 0.15) is 36.8 Å². The van der Waals surface area contributed by atoms with Gasteiger partial charge in [-0.3, -0.25) is 4.55 Å². The van der Waals surface area contributed by atoms with Crippen molar-refractivity contribution >= 4 is 15.8 Å².